The SMILES string of the molecule is CCN1CCC(N2CCC[C@@H]2c2ccnc(C)n2)CC1. The third kappa shape index (κ3) is 2.86. The first kappa shape index (κ1) is 14.0. The lowest BCUT2D eigenvalue weighted by molar-refractivity contribution is 0.0997. The van der Waals surface area contributed by atoms with Gasteiger partial charge in [0, 0.05) is 12.2 Å². The fourth-order valence-electron chi connectivity index (χ4n) is 3.77. The largest absolute Gasteiger partial charge is 0.303 e. The fraction of sp³-hybridized carbons (Fsp3) is 0.750. The number of nitrogens with zero attached hydrogens (tertiary/aromatic N) is 4. The number of hydrogen-bond acceptors (Lipinski definition) is 4. The zero-order valence-corrected chi connectivity index (χ0v) is 12.8. The molecule has 0 radical (unpaired) electrons. The predicted octanol–water partition coefficient (Wildman–Crippen LogP) is 2.41. The maximum atomic E-state index is 4.67. The second-order valence-electron chi connectivity index (χ2n) is 6.09. The lowest BCUT2D eigenvalue weighted by Gasteiger charge is -2.39. The summed E-state index contributed by atoms with van der Waals surface area (Å²) < 4.78 is 0. The Hall–Kier alpha value is -1.00. The minimum atomic E-state index is 0.523. The normalized spacial score (nSPS) is 26.2. The van der Waals surface area contributed by atoms with Crippen molar-refractivity contribution in [2.24, 2.45) is 0 Å². The number of hydrogen-bond donors (Lipinski definition) is 0. The first-order valence-electron chi connectivity index (χ1n) is 8.05. The molecule has 2 saturated heterocycles. The molecule has 2 aliphatic rings. The van der Waals surface area contributed by atoms with Gasteiger partial charge in [-0.15, -0.1) is 0 Å². The van der Waals surface area contributed by atoms with Crippen LogP contribution in [-0.4, -0.2) is 52.0 Å². The summed E-state index contributed by atoms with van der Waals surface area (Å²) in [5, 5.41) is 0. The smallest absolute Gasteiger partial charge is 0.125 e. The van der Waals surface area contributed by atoms with Crippen molar-refractivity contribution in [3.8, 4) is 0 Å². The molecule has 0 aliphatic carbocycles. The molecule has 1 atom stereocenters. The van der Waals surface area contributed by atoms with E-state index < -0.39 is 0 Å². The molecule has 4 nitrogen and oxygen atoms in total. The summed E-state index contributed by atoms with van der Waals surface area (Å²) in [6, 6.07) is 3.38. The van der Waals surface area contributed by atoms with Crippen LogP contribution in [0.5, 0.6) is 0 Å². The second kappa shape index (κ2) is 6.19. The molecule has 1 aromatic heterocycles. The van der Waals surface area contributed by atoms with Crippen molar-refractivity contribution in [2.75, 3.05) is 26.2 Å². The number of aryl methyl sites for hydroxylation is 1. The van der Waals surface area contributed by atoms with Crippen LogP contribution in [0.1, 0.15) is 50.2 Å². The summed E-state index contributed by atoms with van der Waals surface area (Å²) in [6.45, 7) is 9.21. The fourth-order valence-corrected chi connectivity index (χ4v) is 3.77. The van der Waals surface area contributed by atoms with E-state index in [4.69, 9.17) is 0 Å². The average Bonchev–Trinajstić information content (AvgIpc) is 2.97. The summed E-state index contributed by atoms with van der Waals surface area (Å²) in [6.07, 6.45) is 7.10. The molecule has 2 aliphatic heterocycles. The van der Waals surface area contributed by atoms with E-state index in [1.165, 1.54) is 57.6 Å². The van der Waals surface area contributed by atoms with Crippen LogP contribution in [0.25, 0.3) is 0 Å². The van der Waals surface area contributed by atoms with E-state index in [2.05, 4.69) is 32.8 Å². The van der Waals surface area contributed by atoms with Gasteiger partial charge in [0.1, 0.15) is 5.82 Å². The zero-order chi connectivity index (χ0) is 13.9. The highest BCUT2D eigenvalue weighted by Crippen LogP contribution is 2.35. The first-order valence-corrected chi connectivity index (χ1v) is 8.05. The summed E-state index contributed by atoms with van der Waals surface area (Å²) in [5.41, 5.74) is 1.23. The quantitative estimate of drug-likeness (QED) is 0.847. The highest BCUT2D eigenvalue weighted by atomic mass is 15.2. The number of piperidine rings is 1. The molecule has 2 fully saturated rings. The van der Waals surface area contributed by atoms with Gasteiger partial charge in [0.2, 0.25) is 0 Å². The lowest BCUT2D eigenvalue weighted by Crippen LogP contribution is -2.44. The van der Waals surface area contributed by atoms with E-state index >= 15 is 0 Å². The van der Waals surface area contributed by atoms with E-state index in [-0.39, 0.29) is 0 Å². The Labute approximate surface area is 122 Å². The Morgan fingerprint density at radius 2 is 2.00 bits per heavy atom. The van der Waals surface area contributed by atoms with E-state index in [1.807, 2.05) is 13.1 Å². The van der Waals surface area contributed by atoms with Crippen molar-refractivity contribution in [1.29, 1.82) is 0 Å². The second-order valence-corrected chi connectivity index (χ2v) is 6.09. The van der Waals surface area contributed by atoms with Crippen molar-refractivity contribution >= 4 is 0 Å². The van der Waals surface area contributed by atoms with Gasteiger partial charge in [-0.25, -0.2) is 9.97 Å². The lowest BCUT2D eigenvalue weighted by atomic mass is 10.0. The highest BCUT2D eigenvalue weighted by molar-refractivity contribution is 5.10. The summed E-state index contributed by atoms with van der Waals surface area (Å²) in [4.78, 5) is 14.2. The van der Waals surface area contributed by atoms with Crippen molar-refractivity contribution in [2.45, 2.75) is 51.6 Å². The molecule has 4 heteroatoms. The minimum Gasteiger partial charge on any atom is -0.303 e. The van der Waals surface area contributed by atoms with Gasteiger partial charge in [-0.05, 0) is 64.9 Å². The van der Waals surface area contributed by atoms with Crippen LogP contribution >= 0.6 is 0 Å². The van der Waals surface area contributed by atoms with E-state index in [9.17, 15) is 0 Å². The van der Waals surface area contributed by atoms with Crippen LogP contribution in [-0.2, 0) is 0 Å². The zero-order valence-electron chi connectivity index (χ0n) is 12.8. The number of aromatic nitrogens is 2. The summed E-state index contributed by atoms with van der Waals surface area (Å²) in [5.74, 6) is 0.898. The molecule has 1 aromatic rings. The maximum Gasteiger partial charge on any atom is 0.125 e. The van der Waals surface area contributed by atoms with Gasteiger partial charge in [-0.2, -0.15) is 0 Å². The van der Waals surface area contributed by atoms with Gasteiger partial charge in [0.15, 0.2) is 0 Å². The molecule has 0 bridgehead atoms. The maximum absolute atomic E-state index is 4.67. The van der Waals surface area contributed by atoms with Crippen LogP contribution in [0.4, 0.5) is 0 Å². The Morgan fingerprint density at radius 3 is 2.70 bits per heavy atom. The van der Waals surface area contributed by atoms with Gasteiger partial charge in [0.05, 0.1) is 11.7 Å². The molecule has 0 spiro atoms. The molecule has 0 saturated carbocycles. The van der Waals surface area contributed by atoms with E-state index in [0.29, 0.717) is 6.04 Å². The minimum absolute atomic E-state index is 0.523. The van der Waals surface area contributed by atoms with E-state index in [1.54, 1.807) is 0 Å². The molecule has 0 N–H and O–H groups in total. The molecule has 0 amide bonds. The van der Waals surface area contributed by atoms with Gasteiger partial charge in [0.25, 0.3) is 0 Å². The molecule has 20 heavy (non-hydrogen) atoms. The third-order valence-electron chi connectivity index (χ3n) is 4.91. The molecule has 3 rings (SSSR count). The molecule has 3 heterocycles. The number of likely N-dealkylation sites (tertiary alicyclic amines) is 2. The topological polar surface area (TPSA) is 32.3 Å². The average molecular weight is 274 g/mol. The summed E-state index contributed by atoms with van der Waals surface area (Å²) >= 11 is 0. The number of rotatable bonds is 3. The van der Waals surface area contributed by atoms with E-state index in [0.717, 1.165) is 11.9 Å². The monoisotopic (exact) mass is 274 g/mol. The van der Waals surface area contributed by atoms with Crippen molar-refractivity contribution < 1.29 is 0 Å². The van der Waals surface area contributed by atoms with Crippen LogP contribution in [0.15, 0.2) is 12.3 Å². The third-order valence-corrected chi connectivity index (χ3v) is 4.91. The van der Waals surface area contributed by atoms with Crippen LogP contribution in [0.2, 0.25) is 0 Å². The van der Waals surface area contributed by atoms with Gasteiger partial charge in [-0.1, -0.05) is 6.92 Å². The first-order chi connectivity index (χ1) is 9.78. The molecular formula is C16H26N4. The molecule has 0 unspecified atom stereocenters. The van der Waals surface area contributed by atoms with Crippen molar-refractivity contribution in [3.05, 3.63) is 23.8 Å². The van der Waals surface area contributed by atoms with Crippen molar-refractivity contribution in [3.63, 3.8) is 0 Å². The highest BCUT2D eigenvalue weighted by Gasteiger charge is 2.34. The predicted molar refractivity (Wildman–Crippen MR) is 80.6 cm³/mol. The Bertz CT molecular complexity index is 440. The van der Waals surface area contributed by atoms with Crippen LogP contribution in [0.3, 0.4) is 0 Å². The summed E-state index contributed by atoms with van der Waals surface area (Å²) in [7, 11) is 0. The van der Waals surface area contributed by atoms with Crippen LogP contribution < -0.4 is 0 Å². The Balaban J connectivity index is 1.70. The van der Waals surface area contributed by atoms with Crippen LogP contribution in [0, 0.1) is 6.92 Å². The standard InChI is InChI=1S/C16H26N4/c1-3-19-11-7-14(8-12-19)20-10-4-5-16(20)15-6-9-17-13(2)18-15/h6,9,14,16H,3-5,7-8,10-12H2,1-2H3/t16-/m1/s1. The molecule has 0 aromatic carbocycles. The Kier molecular flexibility index (Phi) is 4.32. The van der Waals surface area contributed by atoms with Gasteiger partial charge >= 0.3 is 0 Å². The van der Waals surface area contributed by atoms with Gasteiger partial charge in [-0.3, -0.25) is 4.90 Å². The van der Waals surface area contributed by atoms with Crippen molar-refractivity contribution in [1.82, 2.24) is 19.8 Å². The molecular weight excluding hydrogens is 248 g/mol. The Morgan fingerprint density at radius 1 is 1.20 bits per heavy atom. The molecule has 110 valence electrons. The van der Waals surface area contributed by atoms with Gasteiger partial charge < -0.3 is 4.90 Å².